The molecule has 6 rings (SSSR count). The standard InChI is InChI=1S/2C16H18ClN3O3S/c2*1-12-14(17)3-2-4-15(12)24(21,22)19-16-6-5-13(11-18-16)20-7-9-23-10-8-20/h2*2-6,11H,7-10H2,1H3,(H,18,19). The zero-order valence-electron chi connectivity index (χ0n) is 26.4. The molecule has 48 heavy (non-hydrogen) atoms. The highest BCUT2D eigenvalue weighted by Crippen LogP contribution is 2.26. The molecule has 4 heterocycles. The molecule has 2 aromatic carbocycles. The van der Waals surface area contributed by atoms with E-state index in [2.05, 4.69) is 29.2 Å². The van der Waals surface area contributed by atoms with Gasteiger partial charge in [-0.15, -0.1) is 0 Å². The first kappa shape index (κ1) is 35.6. The van der Waals surface area contributed by atoms with Crippen LogP contribution < -0.4 is 19.2 Å². The minimum atomic E-state index is -3.73. The molecule has 0 bridgehead atoms. The quantitative estimate of drug-likeness (QED) is 0.243. The van der Waals surface area contributed by atoms with Crippen molar-refractivity contribution in [1.82, 2.24) is 9.97 Å². The van der Waals surface area contributed by atoms with Crippen LogP contribution in [-0.2, 0) is 29.5 Å². The first-order valence-electron chi connectivity index (χ1n) is 15.1. The fraction of sp³-hybridized carbons (Fsp3) is 0.312. The van der Waals surface area contributed by atoms with Gasteiger partial charge in [0.2, 0.25) is 0 Å². The largest absolute Gasteiger partial charge is 0.378 e. The van der Waals surface area contributed by atoms with Crippen molar-refractivity contribution in [2.24, 2.45) is 0 Å². The lowest BCUT2D eigenvalue weighted by Gasteiger charge is -2.28. The van der Waals surface area contributed by atoms with Crippen LogP contribution >= 0.6 is 23.2 Å². The van der Waals surface area contributed by atoms with E-state index in [1.807, 2.05) is 12.1 Å². The van der Waals surface area contributed by atoms with Gasteiger partial charge < -0.3 is 19.3 Å². The van der Waals surface area contributed by atoms with E-state index in [0.717, 1.165) is 37.6 Å². The molecule has 0 atom stereocenters. The number of ether oxygens (including phenoxy) is 2. The van der Waals surface area contributed by atoms with Crippen molar-refractivity contribution >= 4 is 66.3 Å². The molecular weight excluding hydrogens is 699 g/mol. The Labute approximate surface area is 291 Å². The molecule has 12 nitrogen and oxygen atoms in total. The molecule has 2 aromatic heterocycles. The van der Waals surface area contributed by atoms with Crippen LogP contribution in [0.4, 0.5) is 23.0 Å². The molecule has 4 aromatic rings. The van der Waals surface area contributed by atoms with Gasteiger partial charge in [0.25, 0.3) is 20.0 Å². The average Bonchev–Trinajstić information content (AvgIpc) is 3.08. The molecule has 0 saturated carbocycles. The maximum atomic E-state index is 12.5. The normalized spacial score (nSPS) is 15.3. The van der Waals surface area contributed by atoms with E-state index in [0.29, 0.717) is 47.6 Å². The van der Waals surface area contributed by atoms with Gasteiger partial charge in [-0.05, 0) is 73.5 Å². The number of hydrogen-bond donors (Lipinski definition) is 2. The second kappa shape index (κ2) is 15.7. The van der Waals surface area contributed by atoms with Crippen molar-refractivity contribution < 1.29 is 26.3 Å². The van der Waals surface area contributed by atoms with Crippen molar-refractivity contribution in [3.8, 4) is 0 Å². The highest BCUT2D eigenvalue weighted by molar-refractivity contribution is 7.93. The number of sulfonamides is 2. The van der Waals surface area contributed by atoms with Crippen LogP contribution in [0.25, 0.3) is 0 Å². The molecule has 2 aliphatic rings. The summed E-state index contributed by atoms with van der Waals surface area (Å²) in [4.78, 5) is 13.0. The number of halogens is 2. The number of aromatic nitrogens is 2. The van der Waals surface area contributed by atoms with Crippen molar-refractivity contribution in [2.45, 2.75) is 23.6 Å². The molecule has 0 radical (unpaired) electrons. The Hall–Kier alpha value is -3.66. The molecule has 2 fully saturated rings. The molecule has 0 amide bonds. The van der Waals surface area contributed by atoms with Gasteiger partial charge in [-0.1, -0.05) is 35.3 Å². The van der Waals surface area contributed by atoms with Gasteiger partial charge in [0, 0.05) is 36.2 Å². The summed E-state index contributed by atoms with van der Waals surface area (Å²) in [7, 11) is -7.47. The molecular formula is C32H36Cl2N6O6S2. The first-order valence-corrected chi connectivity index (χ1v) is 18.8. The summed E-state index contributed by atoms with van der Waals surface area (Å²) in [5.41, 5.74) is 2.91. The van der Waals surface area contributed by atoms with Crippen LogP contribution in [0, 0.1) is 13.8 Å². The Bertz CT molecular complexity index is 1780. The molecule has 16 heteroatoms. The number of pyridine rings is 2. The third kappa shape index (κ3) is 8.87. The van der Waals surface area contributed by atoms with Crippen LogP contribution in [0.2, 0.25) is 10.0 Å². The Morgan fingerprint density at radius 2 is 0.979 bits per heavy atom. The fourth-order valence-electron chi connectivity index (χ4n) is 5.05. The summed E-state index contributed by atoms with van der Waals surface area (Å²) < 4.78 is 65.7. The molecule has 256 valence electrons. The highest BCUT2D eigenvalue weighted by atomic mass is 35.5. The van der Waals surface area contributed by atoms with E-state index < -0.39 is 20.0 Å². The predicted molar refractivity (Wildman–Crippen MR) is 189 cm³/mol. The average molecular weight is 736 g/mol. The van der Waals surface area contributed by atoms with Gasteiger partial charge in [0.1, 0.15) is 11.6 Å². The number of hydrogen-bond acceptors (Lipinski definition) is 10. The van der Waals surface area contributed by atoms with Gasteiger partial charge >= 0.3 is 0 Å². The highest BCUT2D eigenvalue weighted by Gasteiger charge is 2.21. The Kier molecular flexibility index (Phi) is 11.7. The maximum absolute atomic E-state index is 12.5. The summed E-state index contributed by atoms with van der Waals surface area (Å²) in [6.07, 6.45) is 3.32. The molecule has 2 saturated heterocycles. The smallest absolute Gasteiger partial charge is 0.263 e. The van der Waals surface area contributed by atoms with Crippen molar-refractivity contribution in [2.75, 3.05) is 71.9 Å². The third-order valence-corrected chi connectivity index (χ3v) is 11.6. The Morgan fingerprint density at radius 1 is 0.604 bits per heavy atom. The van der Waals surface area contributed by atoms with Crippen LogP contribution in [0.15, 0.2) is 82.8 Å². The van der Waals surface area contributed by atoms with E-state index in [-0.39, 0.29) is 21.4 Å². The molecule has 2 N–H and O–H groups in total. The topological polar surface area (TPSA) is 143 Å². The lowest BCUT2D eigenvalue weighted by atomic mass is 10.2. The summed E-state index contributed by atoms with van der Waals surface area (Å²) >= 11 is 12.0. The first-order chi connectivity index (χ1) is 22.9. The molecule has 0 unspecified atom stereocenters. The van der Waals surface area contributed by atoms with E-state index in [1.165, 1.54) is 12.1 Å². The van der Waals surface area contributed by atoms with Crippen molar-refractivity contribution in [1.29, 1.82) is 0 Å². The number of nitrogens with one attached hydrogen (secondary N) is 2. The summed E-state index contributed by atoms with van der Waals surface area (Å²) in [6.45, 7) is 9.28. The molecule has 0 spiro atoms. The van der Waals surface area contributed by atoms with Crippen LogP contribution in [0.3, 0.4) is 0 Å². The lowest BCUT2D eigenvalue weighted by Crippen LogP contribution is -2.36. The van der Waals surface area contributed by atoms with E-state index in [4.69, 9.17) is 32.7 Å². The zero-order valence-corrected chi connectivity index (χ0v) is 29.5. The van der Waals surface area contributed by atoms with Crippen LogP contribution in [0.1, 0.15) is 11.1 Å². The second-order valence-electron chi connectivity index (χ2n) is 10.9. The van der Waals surface area contributed by atoms with Crippen molar-refractivity contribution in [3.63, 3.8) is 0 Å². The lowest BCUT2D eigenvalue weighted by molar-refractivity contribution is 0.122. The summed E-state index contributed by atoms with van der Waals surface area (Å²) in [5.74, 6) is 0.540. The maximum Gasteiger partial charge on any atom is 0.263 e. The van der Waals surface area contributed by atoms with Crippen LogP contribution in [-0.4, -0.2) is 79.4 Å². The number of nitrogens with zero attached hydrogens (tertiary/aromatic N) is 4. The van der Waals surface area contributed by atoms with E-state index in [1.54, 1.807) is 62.6 Å². The Morgan fingerprint density at radius 3 is 1.31 bits per heavy atom. The number of rotatable bonds is 8. The zero-order chi connectivity index (χ0) is 34.3. The third-order valence-electron chi connectivity index (χ3n) is 7.74. The van der Waals surface area contributed by atoms with Gasteiger partial charge in [0.05, 0.1) is 60.0 Å². The molecule has 2 aliphatic heterocycles. The monoisotopic (exact) mass is 734 g/mol. The molecule has 0 aliphatic carbocycles. The minimum absolute atomic E-state index is 0.147. The number of anilines is 4. The fourth-order valence-corrected chi connectivity index (χ4v) is 8.07. The van der Waals surface area contributed by atoms with E-state index >= 15 is 0 Å². The SMILES string of the molecule is Cc1c(Cl)cccc1S(=O)(=O)Nc1ccc(N2CCOCC2)cn1.Cc1c(Cl)cccc1S(=O)(=O)Nc1ccc(N2CCOCC2)cn1. The Balaban J connectivity index is 0.000000188. The van der Waals surface area contributed by atoms with Crippen LogP contribution in [0.5, 0.6) is 0 Å². The predicted octanol–water partition coefficient (Wildman–Crippen LogP) is 5.36. The van der Waals surface area contributed by atoms with Gasteiger partial charge in [-0.25, -0.2) is 26.8 Å². The van der Waals surface area contributed by atoms with Crippen molar-refractivity contribution in [3.05, 3.63) is 94.2 Å². The second-order valence-corrected chi connectivity index (χ2v) is 15.1. The summed E-state index contributed by atoms with van der Waals surface area (Å²) in [6, 6.07) is 16.6. The van der Waals surface area contributed by atoms with E-state index in [9.17, 15) is 16.8 Å². The minimum Gasteiger partial charge on any atom is -0.378 e. The van der Waals surface area contributed by atoms with Gasteiger partial charge in [0.15, 0.2) is 0 Å². The van der Waals surface area contributed by atoms with Gasteiger partial charge in [-0.2, -0.15) is 0 Å². The summed E-state index contributed by atoms with van der Waals surface area (Å²) in [5, 5.41) is 0.821. The number of benzene rings is 2. The van der Waals surface area contributed by atoms with Gasteiger partial charge in [-0.3, -0.25) is 9.44 Å². The number of morpholine rings is 2.